The van der Waals surface area contributed by atoms with E-state index in [0.29, 0.717) is 0 Å². The van der Waals surface area contributed by atoms with Gasteiger partial charge in [-0.05, 0) is 38.8 Å². The Labute approximate surface area is 91.2 Å². The van der Waals surface area contributed by atoms with E-state index in [1.165, 1.54) is 7.11 Å². The van der Waals surface area contributed by atoms with Crippen LogP contribution in [0, 0.1) is 5.92 Å². The van der Waals surface area contributed by atoms with Crippen molar-refractivity contribution in [2.24, 2.45) is 5.92 Å². The predicted molar refractivity (Wildman–Crippen MR) is 57.5 cm³/mol. The second kappa shape index (κ2) is 6.80. The smallest absolute Gasteiger partial charge is 0.309 e. The average Bonchev–Trinajstić information content (AvgIpc) is 2.29. The van der Waals surface area contributed by atoms with Crippen LogP contribution in [-0.2, 0) is 9.53 Å². The molecule has 1 rings (SSSR count). The highest BCUT2D eigenvalue weighted by molar-refractivity contribution is 5.72. The average molecular weight is 215 g/mol. The van der Waals surface area contributed by atoms with Crippen molar-refractivity contribution < 1.29 is 14.6 Å². The van der Waals surface area contributed by atoms with Gasteiger partial charge in [0, 0.05) is 13.2 Å². The maximum absolute atomic E-state index is 11.4. The molecule has 0 aromatic carbocycles. The van der Waals surface area contributed by atoms with E-state index in [4.69, 9.17) is 9.84 Å². The molecule has 1 heterocycles. The first-order chi connectivity index (χ1) is 7.27. The fraction of sp³-hybridized carbons (Fsp3) is 0.909. The van der Waals surface area contributed by atoms with Gasteiger partial charge in [-0.15, -0.1) is 0 Å². The van der Waals surface area contributed by atoms with E-state index in [1.54, 1.807) is 0 Å². The summed E-state index contributed by atoms with van der Waals surface area (Å²) in [7, 11) is 1.45. The highest BCUT2D eigenvalue weighted by Crippen LogP contribution is 2.17. The molecule has 0 bridgehead atoms. The lowest BCUT2D eigenvalue weighted by atomic mass is 9.98. The van der Waals surface area contributed by atoms with E-state index in [2.05, 4.69) is 4.90 Å². The summed E-state index contributed by atoms with van der Waals surface area (Å²) >= 11 is 0. The fourth-order valence-electron chi connectivity index (χ4n) is 2.06. The number of hydrogen-bond acceptors (Lipinski definition) is 4. The van der Waals surface area contributed by atoms with Gasteiger partial charge in [0.2, 0.25) is 0 Å². The number of aliphatic hydroxyl groups excluding tert-OH is 1. The standard InChI is InChI=1S/C11H21NO3/c1-15-11(14)10-5-4-7-12(9-10)6-2-3-8-13/h10,13H,2-9H2,1H3/t10-/m0/s1. The Morgan fingerprint density at radius 2 is 2.33 bits per heavy atom. The largest absolute Gasteiger partial charge is 0.469 e. The molecule has 4 heteroatoms. The number of hydrogen-bond donors (Lipinski definition) is 1. The summed E-state index contributed by atoms with van der Waals surface area (Å²) in [6, 6.07) is 0. The van der Waals surface area contributed by atoms with Crippen molar-refractivity contribution in [2.45, 2.75) is 25.7 Å². The molecule has 1 N–H and O–H groups in total. The van der Waals surface area contributed by atoms with Gasteiger partial charge in [0.15, 0.2) is 0 Å². The number of likely N-dealkylation sites (tertiary alicyclic amines) is 1. The zero-order valence-corrected chi connectivity index (χ0v) is 9.45. The van der Waals surface area contributed by atoms with Crippen LogP contribution in [0.4, 0.5) is 0 Å². The summed E-state index contributed by atoms with van der Waals surface area (Å²) in [6.45, 7) is 3.12. The molecule has 1 fully saturated rings. The highest BCUT2D eigenvalue weighted by Gasteiger charge is 2.25. The number of carbonyl (C=O) groups is 1. The number of unbranched alkanes of at least 4 members (excludes halogenated alkanes) is 1. The van der Waals surface area contributed by atoms with Gasteiger partial charge in [-0.3, -0.25) is 4.79 Å². The Balaban J connectivity index is 2.26. The minimum atomic E-state index is -0.0816. The Morgan fingerprint density at radius 1 is 1.53 bits per heavy atom. The molecule has 0 amide bonds. The Morgan fingerprint density at radius 3 is 3.00 bits per heavy atom. The van der Waals surface area contributed by atoms with Crippen LogP contribution in [0.25, 0.3) is 0 Å². The second-order valence-electron chi connectivity index (χ2n) is 4.09. The summed E-state index contributed by atoms with van der Waals surface area (Å²) in [6.07, 6.45) is 3.87. The molecule has 0 aromatic rings. The van der Waals surface area contributed by atoms with Gasteiger partial charge in [0.05, 0.1) is 13.0 Å². The summed E-state index contributed by atoms with van der Waals surface area (Å²) in [5.74, 6) is -0.0280. The van der Waals surface area contributed by atoms with Gasteiger partial charge in [-0.25, -0.2) is 0 Å². The van der Waals surface area contributed by atoms with Crippen molar-refractivity contribution in [3.05, 3.63) is 0 Å². The maximum Gasteiger partial charge on any atom is 0.309 e. The van der Waals surface area contributed by atoms with Gasteiger partial charge >= 0.3 is 5.97 Å². The topological polar surface area (TPSA) is 49.8 Å². The van der Waals surface area contributed by atoms with Crippen molar-refractivity contribution in [1.82, 2.24) is 4.90 Å². The fourth-order valence-corrected chi connectivity index (χ4v) is 2.06. The minimum absolute atomic E-state index is 0.0536. The molecule has 0 radical (unpaired) electrons. The Hall–Kier alpha value is -0.610. The normalized spacial score (nSPS) is 22.7. The number of methoxy groups -OCH3 is 1. The third-order valence-electron chi connectivity index (χ3n) is 2.92. The van der Waals surface area contributed by atoms with Crippen molar-refractivity contribution in [3.8, 4) is 0 Å². The predicted octanol–water partition coefficient (Wildman–Crippen LogP) is 0.644. The lowest BCUT2D eigenvalue weighted by Crippen LogP contribution is -2.39. The Bertz CT molecular complexity index is 196. The zero-order chi connectivity index (χ0) is 11.1. The molecule has 0 aromatic heterocycles. The highest BCUT2D eigenvalue weighted by atomic mass is 16.5. The van der Waals surface area contributed by atoms with Gasteiger partial charge in [-0.1, -0.05) is 0 Å². The van der Waals surface area contributed by atoms with E-state index in [-0.39, 0.29) is 18.5 Å². The lowest BCUT2D eigenvalue weighted by Gasteiger charge is -2.31. The van der Waals surface area contributed by atoms with Crippen molar-refractivity contribution in [3.63, 3.8) is 0 Å². The van der Waals surface area contributed by atoms with Gasteiger partial charge in [0.1, 0.15) is 0 Å². The number of nitrogens with zero attached hydrogens (tertiary/aromatic N) is 1. The maximum atomic E-state index is 11.4. The van der Waals surface area contributed by atoms with Crippen LogP contribution in [0.5, 0.6) is 0 Å². The van der Waals surface area contributed by atoms with Crippen molar-refractivity contribution in [1.29, 1.82) is 0 Å². The van der Waals surface area contributed by atoms with Crippen LogP contribution < -0.4 is 0 Å². The molecule has 0 aliphatic carbocycles. The number of esters is 1. The summed E-state index contributed by atoms with van der Waals surface area (Å²) < 4.78 is 4.76. The van der Waals surface area contributed by atoms with Crippen LogP contribution in [0.2, 0.25) is 0 Å². The molecule has 15 heavy (non-hydrogen) atoms. The number of ether oxygens (including phenoxy) is 1. The molecular formula is C11H21NO3. The lowest BCUT2D eigenvalue weighted by molar-refractivity contribution is -0.147. The third-order valence-corrected chi connectivity index (χ3v) is 2.92. The van der Waals surface area contributed by atoms with Crippen LogP contribution in [0.15, 0.2) is 0 Å². The second-order valence-corrected chi connectivity index (χ2v) is 4.09. The van der Waals surface area contributed by atoms with E-state index in [9.17, 15) is 4.79 Å². The van der Waals surface area contributed by atoms with E-state index in [1.807, 2.05) is 0 Å². The molecule has 0 spiro atoms. The van der Waals surface area contributed by atoms with Crippen LogP contribution >= 0.6 is 0 Å². The SMILES string of the molecule is COC(=O)[C@H]1CCCN(CCCCO)C1. The van der Waals surface area contributed by atoms with E-state index >= 15 is 0 Å². The first-order valence-electron chi connectivity index (χ1n) is 5.69. The number of piperidine rings is 1. The van der Waals surface area contributed by atoms with Crippen LogP contribution in [0.1, 0.15) is 25.7 Å². The Kier molecular flexibility index (Phi) is 5.65. The number of carbonyl (C=O) groups excluding carboxylic acids is 1. The zero-order valence-electron chi connectivity index (χ0n) is 9.45. The molecule has 1 atom stereocenters. The first-order valence-corrected chi connectivity index (χ1v) is 5.69. The van der Waals surface area contributed by atoms with Crippen LogP contribution in [-0.4, -0.2) is 49.3 Å². The van der Waals surface area contributed by atoms with Gasteiger partial charge < -0.3 is 14.7 Å². The van der Waals surface area contributed by atoms with Gasteiger partial charge in [-0.2, -0.15) is 0 Å². The van der Waals surface area contributed by atoms with Gasteiger partial charge in [0.25, 0.3) is 0 Å². The minimum Gasteiger partial charge on any atom is -0.469 e. The summed E-state index contributed by atoms with van der Waals surface area (Å²) in [5.41, 5.74) is 0. The molecule has 0 unspecified atom stereocenters. The van der Waals surface area contributed by atoms with Crippen molar-refractivity contribution in [2.75, 3.05) is 33.4 Å². The molecule has 1 aliphatic rings. The first kappa shape index (κ1) is 12.5. The molecule has 1 saturated heterocycles. The summed E-state index contributed by atoms with van der Waals surface area (Å²) in [5, 5.41) is 8.68. The molecule has 88 valence electrons. The monoisotopic (exact) mass is 215 g/mol. The number of rotatable bonds is 5. The van der Waals surface area contributed by atoms with E-state index in [0.717, 1.165) is 45.3 Å². The molecule has 0 saturated carbocycles. The van der Waals surface area contributed by atoms with Crippen molar-refractivity contribution >= 4 is 5.97 Å². The summed E-state index contributed by atoms with van der Waals surface area (Å²) in [4.78, 5) is 13.6. The quantitative estimate of drug-likeness (QED) is 0.540. The molecule has 1 aliphatic heterocycles. The molecular weight excluding hydrogens is 194 g/mol. The number of aliphatic hydroxyl groups is 1. The third kappa shape index (κ3) is 4.18. The van der Waals surface area contributed by atoms with E-state index < -0.39 is 0 Å². The molecule has 4 nitrogen and oxygen atoms in total. The van der Waals surface area contributed by atoms with Crippen LogP contribution in [0.3, 0.4) is 0 Å².